The zero-order valence-electron chi connectivity index (χ0n) is 24.6. The summed E-state index contributed by atoms with van der Waals surface area (Å²) in [6, 6.07) is 19.0. The minimum Gasteiger partial charge on any atom is -1.00 e. The second-order valence-electron chi connectivity index (χ2n) is 10.8. The molecule has 0 nitrogen and oxygen atoms in total. The molecule has 4 rings (SSSR count). The largest absolute Gasteiger partial charge is 1.00 e. The van der Waals surface area contributed by atoms with Crippen molar-refractivity contribution in [2.24, 2.45) is 0 Å². The van der Waals surface area contributed by atoms with Crippen molar-refractivity contribution in [1.29, 1.82) is 0 Å². The molecule has 5 heteroatoms. The summed E-state index contributed by atoms with van der Waals surface area (Å²) in [5.41, 5.74) is 6.50. The van der Waals surface area contributed by atoms with Crippen molar-refractivity contribution in [3.8, 4) is 0 Å². The maximum Gasteiger partial charge on any atom is -1.00 e. The van der Waals surface area contributed by atoms with Crippen molar-refractivity contribution in [2.75, 3.05) is 24.6 Å². The summed E-state index contributed by atoms with van der Waals surface area (Å²) >= 11 is -0.814. The third-order valence-corrected chi connectivity index (χ3v) is 19.6. The van der Waals surface area contributed by atoms with Crippen LogP contribution in [0.2, 0.25) is 0 Å². The van der Waals surface area contributed by atoms with E-state index < -0.39 is 23.2 Å². The SMILES string of the molecule is CCCCP(CCCC)C1=Cc2ccccc2[CH]1[Zr+2][CH]1C(P(CCCC)CCCC)=Cc2ccccc21.[Cl-].[Cl-]. The quantitative estimate of drug-likeness (QED) is 0.208. The van der Waals surface area contributed by atoms with Gasteiger partial charge >= 0.3 is 244 Å². The molecule has 2 aliphatic rings. The average molecular weight is 681 g/mol. The van der Waals surface area contributed by atoms with Gasteiger partial charge in [-0.3, -0.25) is 0 Å². The summed E-state index contributed by atoms with van der Waals surface area (Å²) in [6.07, 6.45) is 22.1. The van der Waals surface area contributed by atoms with Gasteiger partial charge in [0.05, 0.1) is 0 Å². The van der Waals surface area contributed by atoms with E-state index >= 15 is 0 Å². The molecule has 2 atom stereocenters. The fourth-order valence-corrected chi connectivity index (χ4v) is 19.6. The topological polar surface area (TPSA) is 0 Å². The van der Waals surface area contributed by atoms with Crippen molar-refractivity contribution < 1.29 is 48.0 Å². The van der Waals surface area contributed by atoms with Gasteiger partial charge in [-0.2, -0.15) is 0 Å². The number of rotatable bonds is 16. The summed E-state index contributed by atoms with van der Waals surface area (Å²) in [5, 5.41) is 3.81. The van der Waals surface area contributed by atoms with Gasteiger partial charge in [0.2, 0.25) is 0 Å². The Hall–Kier alpha value is 0.243. The monoisotopic (exact) mass is 678 g/mol. The molecule has 0 bridgehead atoms. The Bertz CT molecular complexity index is 967. The molecule has 0 spiro atoms. The predicted molar refractivity (Wildman–Crippen MR) is 167 cm³/mol. The van der Waals surface area contributed by atoms with E-state index in [9.17, 15) is 0 Å². The first-order valence-electron chi connectivity index (χ1n) is 15.1. The van der Waals surface area contributed by atoms with Crippen molar-refractivity contribution in [3.63, 3.8) is 0 Å². The van der Waals surface area contributed by atoms with Crippen LogP contribution in [0.5, 0.6) is 0 Å². The minimum absolute atomic E-state index is 0. The van der Waals surface area contributed by atoms with Crippen LogP contribution in [0.1, 0.15) is 109 Å². The Morgan fingerprint density at radius 3 is 1.21 bits per heavy atom. The van der Waals surface area contributed by atoms with Crippen LogP contribution < -0.4 is 24.8 Å². The molecule has 0 aromatic heterocycles. The molecular formula is C34H48Cl2P2Zr. The standard InChI is InChI=1S/2C17H24P.2ClH.Zr/c2*1-3-5-11-18(12-6-4-2)17-13-15-9-7-8-10-16(15)14-17;;;/h2*7-10,13-14H,3-6,11-12H2,1-2H3;2*1H;/q;;;;+2/p-2. The molecule has 0 N–H and O–H groups in total. The van der Waals surface area contributed by atoms with Gasteiger partial charge in [0.15, 0.2) is 0 Å². The molecule has 0 fully saturated rings. The van der Waals surface area contributed by atoms with Crippen LogP contribution in [0.15, 0.2) is 59.2 Å². The van der Waals surface area contributed by atoms with Gasteiger partial charge in [-0.05, 0) is 0 Å². The van der Waals surface area contributed by atoms with Crippen LogP contribution in [-0.4, -0.2) is 24.6 Å². The maximum atomic E-state index is 2.69. The van der Waals surface area contributed by atoms with E-state index in [1.165, 1.54) is 76.0 Å². The van der Waals surface area contributed by atoms with Gasteiger partial charge in [-0.15, -0.1) is 0 Å². The number of unbranched alkanes of at least 4 members (excludes halogenated alkanes) is 4. The summed E-state index contributed by atoms with van der Waals surface area (Å²) in [5.74, 6) is 0. The third kappa shape index (κ3) is 9.11. The molecule has 212 valence electrons. The van der Waals surface area contributed by atoms with Gasteiger partial charge in [-0.1, -0.05) is 0 Å². The number of hydrogen-bond acceptors (Lipinski definition) is 0. The predicted octanol–water partition coefficient (Wildman–Crippen LogP) is 5.43. The van der Waals surface area contributed by atoms with Crippen molar-refractivity contribution in [1.82, 2.24) is 0 Å². The summed E-state index contributed by atoms with van der Waals surface area (Å²) < 4.78 is 1.54. The molecule has 2 unspecified atom stereocenters. The second kappa shape index (κ2) is 18.7. The Labute approximate surface area is 266 Å². The minimum atomic E-state index is -0.814. The van der Waals surface area contributed by atoms with E-state index in [1.807, 2.05) is 10.6 Å². The normalized spacial score (nSPS) is 17.2. The van der Waals surface area contributed by atoms with Crippen LogP contribution in [0, 0.1) is 0 Å². The van der Waals surface area contributed by atoms with Crippen LogP contribution in [-0.2, 0) is 23.2 Å². The van der Waals surface area contributed by atoms with E-state index in [1.54, 1.807) is 22.3 Å². The zero-order valence-corrected chi connectivity index (χ0v) is 30.3. The number of fused-ring (bicyclic) bond motifs is 2. The Morgan fingerprint density at radius 1 is 0.538 bits per heavy atom. The first kappa shape index (κ1) is 35.4. The van der Waals surface area contributed by atoms with E-state index in [0.717, 1.165) is 7.25 Å². The number of halogens is 2. The molecule has 0 radical (unpaired) electrons. The van der Waals surface area contributed by atoms with Gasteiger partial charge in [0, 0.05) is 0 Å². The van der Waals surface area contributed by atoms with Crippen LogP contribution >= 0.6 is 15.8 Å². The Morgan fingerprint density at radius 2 is 0.872 bits per heavy atom. The fraction of sp³-hybridized carbons (Fsp3) is 0.529. The number of hydrogen-bond donors (Lipinski definition) is 0. The van der Waals surface area contributed by atoms with Gasteiger partial charge in [-0.25, -0.2) is 0 Å². The summed E-state index contributed by atoms with van der Waals surface area (Å²) in [7, 11) is -0.0112. The van der Waals surface area contributed by atoms with Gasteiger partial charge in [0.25, 0.3) is 0 Å². The summed E-state index contributed by atoms with van der Waals surface area (Å²) in [4.78, 5) is 0. The van der Waals surface area contributed by atoms with Crippen molar-refractivity contribution in [3.05, 3.63) is 81.4 Å². The zero-order chi connectivity index (χ0) is 26.0. The van der Waals surface area contributed by atoms with E-state index in [-0.39, 0.29) is 40.7 Å². The second-order valence-corrected chi connectivity index (χ2v) is 19.5. The molecular weight excluding hydrogens is 632 g/mol. The Kier molecular flexibility index (Phi) is 17.0. The van der Waals surface area contributed by atoms with Gasteiger partial charge in [0.1, 0.15) is 0 Å². The van der Waals surface area contributed by atoms with E-state index in [2.05, 4.69) is 88.4 Å². The van der Waals surface area contributed by atoms with Crippen LogP contribution in [0.3, 0.4) is 0 Å². The molecule has 2 aromatic rings. The smallest absolute Gasteiger partial charge is 1.00 e. The fourth-order valence-electron chi connectivity index (χ4n) is 5.82. The maximum absolute atomic E-state index is 2.69. The van der Waals surface area contributed by atoms with E-state index in [4.69, 9.17) is 0 Å². The molecule has 0 saturated carbocycles. The van der Waals surface area contributed by atoms with Gasteiger partial charge < -0.3 is 24.8 Å². The first-order valence-corrected chi connectivity index (χ1v) is 21.3. The molecule has 39 heavy (non-hydrogen) atoms. The van der Waals surface area contributed by atoms with Crippen LogP contribution in [0.25, 0.3) is 12.2 Å². The molecule has 2 aliphatic carbocycles. The number of allylic oxidation sites excluding steroid dienone is 2. The molecule has 2 aromatic carbocycles. The molecule has 0 saturated heterocycles. The Balaban J connectivity index is 0.00000267. The molecule has 0 amide bonds. The molecule has 0 heterocycles. The first-order chi connectivity index (χ1) is 18.2. The third-order valence-electron chi connectivity index (χ3n) is 8.00. The van der Waals surface area contributed by atoms with E-state index in [0.29, 0.717) is 0 Å². The number of benzene rings is 2. The molecule has 0 aliphatic heterocycles. The van der Waals surface area contributed by atoms with Crippen LogP contribution in [0.4, 0.5) is 0 Å². The van der Waals surface area contributed by atoms with Crippen molar-refractivity contribution in [2.45, 2.75) is 86.3 Å². The van der Waals surface area contributed by atoms with Crippen molar-refractivity contribution >= 4 is 28.0 Å². The average Bonchev–Trinajstić information content (AvgIpc) is 3.48. The summed E-state index contributed by atoms with van der Waals surface area (Å²) in [6.45, 7) is 9.50.